The third kappa shape index (κ3) is 2.85. The first-order valence-corrected chi connectivity index (χ1v) is 7.44. The van der Waals surface area contributed by atoms with E-state index >= 15 is 0 Å². The van der Waals surface area contributed by atoms with E-state index in [-0.39, 0.29) is 11.5 Å². The minimum atomic E-state index is -0.344. The number of hydrogen-bond acceptors (Lipinski definition) is 4. The normalized spacial score (nSPS) is 20.3. The molecule has 4 nitrogen and oxygen atoms in total. The summed E-state index contributed by atoms with van der Waals surface area (Å²) in [5.74, 6) is 0.196. The predicted octanol–water partition coefficient (Wildman–Crippen LogP) is 2.78. The summed E-state index contributed by atoms with van der Waals surface area (Å²) in [7, 11) is 1.40. The third-order valence-corrected chi connectivity index (χ3v) is 4.47. The van der Waals surface area contributed by atoms with Crippen LogP contribution in [0.4, 0.5) is 0 Å². The Bertz CT molecular complexity index is 519. The highest BCUT2D eigenvalue weighted by atomic mass is 16.5. The fourth-order valence-corrected chi connectivity index (χ4v) is 2.71. The topological polar surface area (TPSA) is 51.2 Å². The number of ether oxygens (including phenoxy) is 1. The van der Waals surface area contributed by atoms with E-state index in [1.54, 1.807) is 0 Å². The van der Waals surface area contributed by atoms with Crippen LogP contribution in [0.3, 0.4) is 0 Å². The summed E-state index contributed by atoms with van der Waals surface area (Å²) >= 11 is 0. The molecule has 1 aromatic rings. The summed E-state index contributed by atoms with van der Waals surface area (Å²) < 4.78 is 4.80. The van der Waals surface area contributed by atoms with Gasteiger partial charge in [0.05, 0.1) is 7.11 Å². The Labute approximate surface area is 119 Å². The maximum Gasteiger partial charge on any atom is 0.356 e. The van der Waals surface area contributed by atoms with Crippen LogP contribution >= 0.6 is 0 Å². The van der Waals surface area contributed by atoms with Crippen molar-refractivity contribution in [2.45, 2.75) is 57.0 Å². The van der Waals surface area contributed by atoms with Crippen molar-refractivity contribution < 1.29 is 9.53 Å². The minimum Gasteiger partial charge on any atom is -0.464 e. The molecule has 2 saturated carbocycles. The van der Waals surface area contributed by atoms with Crippen molar-refractivity contribution in [2.24, 2.45) is 0 Å². The van der Waals surface area contributed by atoms with Crippen LogP contribution in [0, 0.1) is 0 Å². The van der Waals surface area contributed by atoms with Crippen LogP contribution in [0.1, 0.15) is 66.7 Å². The van der Waals surface area contributed by atoms with E-state index < -0.39 is 0 Å². The highest BCUT2D eigenvalue weighted by molar-refractivity contribution is 5.87. The lowest BCUT2D eigenvalue weighted by atomic mass is 9.78. The van der Waals surface area contributed by atoms with Gasteiger partial charge in [0.2, 0.25) is 0 Å². The van der Waals surface area contributed by atoms with Gasteiger partial charge in [0.1, 0.15) is 5.69 Å². The van der Waals surface area contributed by atoms with Gasteiger partial charge < -0.3 is 10.1 Å². The Morgan fingerprint density at radius 1 is 1.45 bits per heavy atom. The van der Waals surface area contributed by atoms with Gasteiger partial charge in [-0.1, -0.05) is 0 Å². The van der Waals surface area contributed by atoms with Crippen LogP contribution in [0.5, 0.6) is 0 Å². The molecule has 1 heterocycles. The zero-order valence-corrected chi connectivity index (χ0v) is 12.2. The number of nitrogens with zero attached hydrogens (tertiary/aromatic N) is 1. The molecule has 3 rings (SSSR count). The molecule has 0 spiro atoms. The van der Waals surface area contributed by atoms with Crippen LogP contribution in [0.25, 0.3) is 0 Å². The number of nitrogens with one attached hydrogen (secondary N) is 1. The zero-order chi connectivity index (χ0) is 14.2. The number of aromatic nitrogens is 1. The number of hydrogen-bond donors (Lipinski definition) is 1. The molecule has 0 atom stereocenters. The average molecular weight is 274 g/mol. The minimum absolute atomic E-state index is 0.272. The molecule has 0 aliphatic heterocycles. The van der Waals surface area contributed by atoms with Crippen LogP contribution in [0.2, 0.25) is 0 Å². The van der Waals surface area contributed by atoms with Crippen LogP contribution in [-0.2, 0) is 11.3 Å². The molecule has 2 fully saturated rings. The third-order valence-electron chi connectivity index (χ3n) is 4.47. The van der Waals surface area contributed by atoms with Crippen molar-refractivity contribution in [3.05, 3.63) is 29.1 Å². The highest BCUT2D eigenvalue weighted by Crippen LogP contribution is 2.39. The Balaban J connectivity index is 1.77. The van der Waals surface area contributed by atoms with Gasteiger partial charge >= 0.3 is 5.97 Å². The van der Waals surface area contributed by atoms with E-state index in [1.165, 1.54) is 39.2 Å². The molecule has 4 heteroatoms. The maximum atomic E-state index is 11.7. The number of rotatable bonds is 5. The number of carbonyl (C=O) groups is 1. The SMILES string of the molecule is COC(=O)c1cc(CNC2(C)CCC2)cc(C2CC2)n1. The first-order chi connectivity index (χ1) is 9.59. The molecule has 0 amide bonds. The van der Waals surface area contributed by atoms with E-state index in [1.807, 2.05) is 6.07 Å². The lowest BCUT2D eigenvalue weighted by Crippen LogP contribution is -2.47. The van der Waals surface area contributed by atoms with E-state index in [4.69, 9.17) is 4.74 Å². The van der Waals surface area contributed by atoms with Gasteiger partial charge in [-0.3, -0.25) is 0 Å². The van der Waals surface area contributed by atoms with Crippen molar-refractivity contribution in [2.75, 3.05) is 7.11 Å². The molecule has 0 unspecified atom stereocenters. The summed E-state index contributed by atoms with van der Waals surface area (Å²) in [6.07, 6.45) is 6.14. The lowest BCUT2D eigenvalue weighted by molar-refractivity contribution is 0.0593. The summed E-state index contributed by atoms with van der Waals surface area (Å²) in [4.78, 5) is 16.2. The lowest BCUT2D eigenvalue weighted by Gasteiger charge is -2.39. The summed E-state index contributed by atoms with van der Waals surface area (Å²) in [6, 6.07) is 3.99. The molecule has 0 bridgehead atoms. The van der Waals surface area contributed by atoms with E-state index in [0.717, 1.165) is 17.8 Å². The van der Waals surface area contributed by atoms with Crippen molar-refractivity contribution >= 4 is 5.97 Å². The van der Waals surface area contributed by atoms with Crippen molar-refractivity contribution in [3.8, 4) is 0 Å². The molecular formula is C16H22N2O2. The van der Waals surface area contributed by atoms with Crippen LogP contribution < -0.4 is 5.32 Å². The van der Waals surface area contributed by atoms with Gasteiger partial charge in [-0.25, -0.2) is 9.78 Å². The maximum absolute atomic E-state index is 11.7. The molecule has 0 radical (unpaired) electrons. The second-order valence-corrected chi connectivity index (χ2v) is 6.32. The van der Waals surface area contributed by atoms with E-state index in [2.05, 4.69) is 23.3 Å². The molecule has 20 heavy (non-hydrogen) atoms. The summed E-state index contributed by atoms with van der Waals surface area (Å²) in [5, 5.41) is 3.60. The van der Waals surface area contributed by atoms with Gasteiger partial charge in [-0.15, -0.1) is 0 Å². The molecule has 1 N–H and O–H groups in total. The fourth-order valence-electron chi connectivity index (χ4n) is 2.71. The predicted molar refractivity (Wildman–Crippen MR) is 76.6 cm³/mol. The molecule has 2 aliphatic carbocycles. The van der Waals surface area contributed by atoms with Gasteiger partial charge in [0, 0.05) is 23.7 Å². The zero-order valence-electron chi connectivity index (χ0n) is 12.2. The fraction of sp³-hybridized carbons (Fsp3) is 0.625. The Hall–Kier alpha value is -1.42. The quantitative estimate of drug-likeness (QED) is 0.839. The Kier molecular flexibility index (Phi) is 3.50. The van der Waals surface area contributed by atoms with E-state index in [0.29, 0.717) is 11.6 Å². The van der Waals surface area contributed by atoms with Crippen molar-refractivity contribution in [1.29, 1.82) is 0 Å². The summed E-state index contributed by atoms with van der Waals surface area (Å²) in [6.45, 7) is 3.06. The smallest absolute Gasteiger partial charge is 0.356 e. The summed E-state index contributed by atoms with van der Waals surface area (Å²) in [5.41, 5.74) is 2.89. The molecule has 2 aliphatic rings. The molecule has 0 saturated heterocycles. The second kappa shape index (κ2) is 5.17. The average Bonchev–Trinajstić information content (AvgIpc) is 3.26. The molecule has 1 aromatic heterocycles. The Morgan fingerprint density at radius 2 is 2.20 bits per heavy atom. The van der Waals surface area contributed by atoms with Crippen LogP contribution in [0.15, 0.2) is 12.1 Å². The highest BCUT2D eigenvalue weighted by Gasteiger charge is 2.31. The van der Waals surface area contributed by atoms with Crippen LogP contribution in [-0.4, -0.2) is 23.6 Å². The largest absolute Gasteiger partial charge is 0.464 e. The Morgan fingerprint density at radius 3 is 2.75 bits per heavy atom. The monoisotopic (exact) mass is 274 g/mol. The molecule has 108 valence electrons. The molecular weight excluding hydrogens is 252 g/mol. The number of carbonyl (C=O) groups excluding carboxylic acids is 1. The van der Waals surface area contributed by atoms with Gasteiger partial charge in [0.15, 0.2) is 0 Å². The molecule has 0 aromatic carbocycles. The van der Waals surface area contributed by atoms with Crippen molar-refractivity contribution in [1.82, 2.24) is 10.3 Å². The van der Waals surface area contributed by atoms with Gasteiger partial charge in [0.25, 0.3) is 0 Å². The van der Waals surface area contributed by atoms with E-state index in [9.17, 15) is 4.79 Å². The first-order valence-electron chi connectivity index (χ1n) is 7.44. The number of esters is 1. The number of pyridine rings is 1. The number of methoxy groups -OCH3 is 1. The standard InChI is InChI=1S/C16H22N2O2/c1-16(6-3-7-16)17-10-11-8-13(12-4-5-12)18-14(9-11)15(19)20-2/h8-9,12,17H,3-7,10H2,1-2H3. The van der Waals surface area contributed by atoms with Gasteiger partial charge in [-0.2, -0.15) is 0 Å². The first kappa shape index (κ1) is 13.6. The second-order valence-electron chi connectivity index (χ2n) is 6.32. The van der Waals surface area contributed by atoms with Crippen molar-refractivity contribution in [3.63, 3.8) is 0 Å². The van der Waals surface area contributed by atoms with Gasteiger partial charge in [-0.05, 0) is 56.7 Å².